The second-order valence-corrected chi connectivity index (χ2v) is 7.66. The van der Waals surface area contributed by atoms with E-state index in [9.17, 15) is 13.6 Å². The van der Waals surface area contributed by atoms with Gasteiger partial charge in [0.2, 0.25) is 0 Å². The van der Waals surface area contributed by atoms with Gasteiger partial charge in [0, 0.05) is 11.3 Å². The number of pyridine rings is 1. The van der Waals surface area contributed by atoms with E-state index in [0.717, 1.165) is 6.07 Å². The number of anilines is 1. The molecular formula is C21H22F2N4O3. The van der Waals surface area contributed by atoms with Gasteiger partial charge in [-0.05, 0) is 56.0 Å². The van der Waals surface area contributed by atoms with Crippen LogP contribution in [0, 0.1) is 11.7 Å². The van der Waals surface area contributed by atoms with E-state index in [1.165, 1.54) is 38.1 Å². The number of nitrogens with zero attached hydrogens (tertiary/aromatic N) is 2. The quantitative estimate of drug-likeness (QED) is 0.754. The number of amides is 1. The summed E-state index contributed by atoms with van der Waals surface area (Å²) >= 11 is 0. The molecule has 1 fully saturated rings. The summed E-state index contributed by atoms with van der Waals surface area (Å²) in [5, 5.41) is 2.65. The fourth-order valence-corrected chi connectivity index (χ4v) is 3.17. The van der Waals surface area contributed by atoms with Crippen LogP contribution in [0.5, 0.6) is 5.75 Å². The molecule has 1 amide bonds. The first-order chi connectivity index (χ1) is 14.3. The van der Waals surface area contributed by atoms with Crippen molar-refractivity contribution in [3.8, 4) is 5.75 Å². The minimum absolute atomic E-state index is 0.0316. The van der Waals surface area contributed by atoms with Gasteiger partial charge in [-0.1, -0.05) is 0 Å². The predicted molar refractivity (Wildman–Crippen MR) is 107 cm³/mol. The topological polar surface area (TPSA) is 98.8 Å². The lowest BCUT2D eigenvalue weighted by atomic mass is 9.86. The van der Waals surface area contributed by atoms with Crippen molar-refractivity contribution in [2.75, 3.05) is 18.5 Å². The molecule has 9 heteroatoms. The lowest BCUT2D eigenvalue weighted by molar-refractivity contribution is 0.0923. The molecule has 1 aliphatic heterocycles. The van der Waals surface area contributed by atoms with E-state index >= 15 is 0 Å². The highest BCUT2D eigenvalue weighted by Gasteiger charge is 2.42. The minimum Gasteiger partial charge on any atom is -0.492 e. The van der Waals surface area contributed by atoms with Crippen LogP contribution in [0.3, 0.4) is 0 Å². The van der Waals surface area contributed by atoms with Crippen LogP contribution in [0.1, 0.15) is 35.8 Å². The lowest BCUT2D eigenvalue weighted by Crippen LogP contribution is -2.43. The summed E-state index contributed by atoms with van der Waals surface area (Å²) < 4.78 is 39.5. The Kier molecular flexibility index (Phi) is 5.27. The normalized spacial score (nSPS) is 23.3. The molecule has 3 N–H and O–H groups in total. The molecule has 4 rings (SSSR count). The molecule has 0 spiro atoms. The third-order valence-electron chi connectivity index (χ3n) is 5.25. The van der Waals surface area contributed by atoms with Crippen molar-refractivity contribution in [1.82, 2.24) is 4.98 Å². The molecule has 1 aromatic carbocycles. The maximum Gasteiger partial charge on any atom is 0.283 e. The Hall–Kier alpha value is -3.23. The van der Waals surface area contributed by atoms with E-state index in [0.29, 0.717) is 18.3 Å². The number of rotatable bonds is 6. The van der Waals surface area contributed by atoms with E-state index in [2.05, 4.69) is 15.3 Å². The number of ether oxygens (including phenoxy) is 2. The fraction of sp³-hybridized carbons (Fsp3) is 0.381. The Morgan fingerprint density at radius 3 is 2.87 bits per heavy atom. The number of alkyl halides is 1. The van der Waals surface area contributed by atoms with E-state index in [-0.39, 0.29) is 29.6 Å². The van der Waals surface area contributed by atoms with Gasteiger partial charge < -0.3 is 20.5 Å². The Bertz CT molecular complexity index is 979. The largest absolute Gasteiger partial charge is 0.492 e. The molecule has 158 valence electrons. The Balaban J connectivity index is 1.50. The third-order valence-corrected chi connectivity index (χ3v) is 5.25. The molecular weight excluding hydrogens is 394 g/mol. The number of carbonyl (C=O) groups excluding carboxylic acids is 1. The summed E-state index contributed by atoms with van der Waals surface area (Å²) in [5.74, 6) is 0.0615. The molecule has 2 aliphatic rings. The van der Waals surface area contributed by atoms with Crippen LogP contribution in [0.4, 0.5) is 14.5 Å². The molecule has 2 heterocycles. The third kappa shape index (κ3) is 4.19. The van der Waals surface area contributed by atoms with E-state index in [4.69, 9.17) is 15.2 Å². The molecule has 30 heavy (non-hydrogen) atoms. The zero-order valence-electron chi connectivity index (χ0n) is 16.4. The van der Waals surface area contributed by atoms with Crippen LogP contribution < -0.4 is 15.8 Å². The van der Waals surface area contributed by atoms with E-state index in [1.807, 2.05) is 0 Å². The molecule has 1 aliphatic carbocycles. The van der Waals surface area contributed by atoms with E-state index in [1.54, 1.807) is 12.1 Å². The van der Waals surface area contributed by atoms with E-state index < -0.39 is 23.4 Å². The lowest BCUT2D eigenvalue weighted by Gasteiger charge is -2.33. The van der Waals surface area contributed by atoms with Crippen LogP contribution in [-0.2, 0) is 10.3 Å². The SMILES string of the molecule is C[C@]1(c2cc(NC(=O)c3ccc(OCC4CC4)cn3)ccc2F)N=C(N)OC[C@@H]1F. The zero-order chi connectivity index (χ0) is 21.3. The van der Waals surface area contributed by atoms with Crippen LogP contribution >= 0.6 is 0 Å². The highest BCUT2D eigenvalue weighted by Crippen LogP contribution is 2.37. The van der Waals surface area contributed by atoms with Gasteiger partial charge in [-0.2, -0.15) is 0 Å². The van der Waals surface area contributed by atoms with Crippen molar-refractivity contribution in [3.05, 3.63) is 53.6 Å². The predicted octanol–water partition coefficient (Wildman–Crippen LogP) is 3.16. The number of aliphatic imine (C=N–C) groups is 1. The highest BCUT2D eigenvalue weighted by atomic mass is 19.1. The van der Waals surface area contributed by atoms with Crippen molar-refractivity contribution in [3.63, 3.8) is 0 Å². The summed E-state index contributed by atoms with van der Waals surface area (Å²) in [6.07, 6.45) is 2.25. The summed E-state index contributed by atoms with van der Waals surface area (Å²) in [6, 6.07) is 6.88. The monoisotopic (exact) mass is 416 g/mol. The molecule has 0 unspecified atom stereocenters. The van der Waals surface area contributed by atoms with Crippen LogP contribution in [0.15, 0.2) is 41.5 Å². The Morgan fingerprint density at radius 2 is 2.17 bits per heavy atom. The second-order valence-electron chi connectivity index (χ2n) is 7.66. The number of halogens is 2. The maximum absolute atomic E-state index is 14.5. The number of hydrogen-bond donors (Lipinski definition) is 2. The number of amidine groups is 1. The Labute approximate surface area is 172 Å². The maximum atomic E-state index is 14.5. The number of nitrogens with one attached hydrogen (secondary N) is 1. The molecule has 0 bridgehead atoms. The van der Waals surface area contributed by atoms with Gasteiger partial charge in [0.1, 0.15) is 29.4 Å². The van der Waals surface area contributed by atoms with Gasteiger partial charge >= 0.3 is 0 Å². The first-order valence-electron chi connectivity index (χ1n) is 9.67. The van der Waals surface area contributed by atoms with Gasteiger partial charge in [-0.25, -0.2) is 18.8 Å². The van der Waals surface area contributed by atoms with Crippen molar-refractivity contribution in [1.29, 1.82) is 0 Å². The van der Waals surface area contributed by atoms with Crippen LogP contribution in [0.25, 0.3) is 0 Å². The summed E-state index contributed by atoms with van der Waals surface area (Å²) in [5.41, 5.74) is 4.41. The molecule has 2 atom stereocenters. The van der Waals surface area contributed by atoms with Crippen molar-refractivity contribution < 1.29 is 23.0 Å². The van der Waals surface area contributed by atoms with Gasteiger partial charge in [-0.3, -0.25) is 4.79 Å². The number of aromatic nitrogens is 1. The zero-order valence-corrected chi connectivity index (χ0v) is 16.4. The van der Waals surface area contributed by atoms with Gasteiger partial charge in [0.25, 0.3) is 11.9 Å². The first kappa shape index (κ1) is 20.1. The van der Waals surface area contributed by atoms with Crippen molar-refractivity contribution in [2.45, 2.75) is 31.5 Å². The van der Waals surface area contributed by atoms with Crippen LogP contribution in [-0.4, -0.2) is 36.3 Å². The van der Waals surface area contributed by atoms with Crippen molar-refractivity contribution >= 4 is 17.6 Å². The summed E-state index contributed by atoms with van der Waals surface area (Å²) in [4.78, 5) is 20.6. The fourth-order valence-electron chi connectivity index (χ4n) is 3.17. The minimum atomic E-state index is -1.60. The average molecular weight is 416 g/mol. The summed E-state index contributed by atoms with van der Waals surface area (Å²) in [7, 11) is 0. The standard InChI is InChI=1S/C21H22F2N4O3/c1-21(18(23)11-30-20(24)27-21)15-8-13(4-6-16(15)22)26-19(28)17-7-5-14(9-25-17)29-10-12-2-3-12/h4-9,12,18H,2-3,10-11H2,1H3,(H2,24,27)(H,26,28)/t18-,21+/m0/s1. The van der Waals surface area contributed by atoms with Gasteiger partial charge in [0.15, 0.2) is 6.17 Å². The number of nitrogens with two attached hydrogens (primary N) is 1. The summed E-state index contributed by atoms with van der Waals surface area (Å²) in [6.45, 7) is 1.75. The Morgan fingerprint density at radius 1 is 1.37 bits per heavy atom. The first-order valence-corrected chi connectivity index (χ1v) is 9.67. The number of carbonyl (C=O) groups is 1. The molecule has 2 aromatic rings. The van der Waals surface area contributed by atoms with Crippen molar-refractivity contribution in [2.24, 2.45) is 16.6 Å². The molecule has 1 aromatic heterocycles. The highest BCUT2D eigenvalue weighted by molar-refractivity contribution is 6.02. The van der Waals surface area contributed by atoms with Crippen LogP contribution in [0.2, 0.25) is 0 Å². The second kappa shape index (κ2) is 7.89. The molecule has 0 saturated heterocycles. The smallest absolute Gasteiger partial charge is 0.283 e. The van der Waals surface area contributed by atoms with Gasteiger partial charge in [0.05, 0.1) is 12.8 Å². The number of benzene rings is 1. The molecule has 7 nitrogen and oxygen atoms in total. The molecule has 1 saturated carbocycles. The van der Waals surface area contributed by atoms with Gasteiger partial charge in [-0.15, -0.1) is 0 Å². The molecule has 0 radical (unpaired) electrons. The number of hydrogen-bond acceptors (Lipinski definition) is 6. The average Bonchev–Trinajstić information content (AvgIpc) is 3.56.